The summed E-state index contributed by atoms with van der Waals surface area (Å²) in [5, 5.41) is 11.5. The Morgan fingerprint density at radius 3 is 2.80 bits per heavy atom. The molecule has 0 bridgehead atoms. The summed E-state index contributed by atoms with van der Waals surface area (Å²) in [5.41, 5.74) is 0. The summed E-state index contributed by atoms with van der Waals surface area (Å²) in [5.74, 6) is -0.653. The minimum Gasteiger partial charge on any atom is -0.481 e. The molecule has 0 aromatic carbocycles. The van der Waals surface area contributed by atoms with E-state index in [-0.39, 0.29) is 18.4 Å². The summed E-state index contributed by atoms with van der Waals surface area (Å²) in [6.07, 6.45) is 4.82. The van der Waals surface area contributed by atoms with Crippen LogP contribution in [-0.4, -0.2) is 60.3 Å². The number of nitrogens with zero attached hydrogens (tertiary/aromatic N) is 1. The van der Waals surface area contributed by atoms with Crippen molar-refractivity contribution in [2.75, 3.05) is 26.2 Å². The van der Waals surface area contributed by atoms with Crippen LogP contribution in [0.1, 0.15) is 38.5 Å². The van der Waals surface area contributed by atoms with E-state index in [9.17, 15) is 9.59 Å². The van der Waals surface area contributed by atoms with Gasteiger partial charge < -0.3 is 15.2 Å². The molecule has 1 atom stereocenters. The molecule has 0 aromatic heterocycles. The van der Waals surface area contributed by atoms with Gasteiger partial charge in [-0.3, -0.25) is 14.5 Å². The predicted octanol–water partition coefficient (Wildman–Crippen LogP) is 0.611. The number of amides is 1. The number of likely N-dealkylation sites (tertiary alicyclic amines) is 1. The molecule has 2 rings (SSSR count). The Kier molecular flexibility index (Phi) is 5.79. The summed E-state index contributed by atoms with van der Waals surface area (Å²) in [7, 11) is 0. The number of carbonyl (C=O) groups excluding carboxylic acids is 1. The number of carbonyl (C=O) groups is 2. The molecule has 1 amide bonds. The van der Waals surface area contributed by atoms with Crippen molar-refractivity contribution < 1.29 is 19.4 Å². The van der Waals surface area contributed by atoms with Crippen molar-refractivity contribution in [3.63, 3.8) is 0 Å². The monoisotopic (exact) mass is 284 g/mol. The van der Waals surface area contributed by atoms with Gasteiger partial charge in [-0.2, -0.15) is 0 Å². The molecule has 2 heterocycles. The molecule has 2 aliphatic heterocycles. The Morgan fingerprint density at radius 2 is 2.10 bits per heavy atom. The maximum Gasteiger partial charge on any atom is 0.305 e. The normalized spacial score (nSPS) is 26.0. The molecule has 2 aliphatic rings. The van der Waals surface area contributed by atoms with Gasteiger partial charge in [0.05, 0.1) is 19.1 Å². The van der Waals surface area contributed by atoms with Crippen molar-refractivity contribution in [3.05, 3.63) is 0 Å². The standard InChI is InChI=1S/C14H24N2O4/c17-13-10-11(2-1-6-15-13)16-7-3-12(4-8-16)20-9-5-14(18)19/h11-12H,1-10H2,(H,15,17)(H,18,19). The van der Waals surface area contributed by atoms with Crippen LogP contribution < -0.4 is 5.32 Å². The second kappa shape index (κ2) is 7.59. The second-order valence-corrected chi connectivity index (χ2v) is 5.60. The molecule has 0 aliphatic carbocycles. The molecule has 2 fully saturated rings. The van der Waals surface area contributed by atoms with E-state index in [1.165, 1.54) is 0 Å². The van der Waals surface area contributed by atoms with Gasteiger partial charge in [-0.1, -0.05) is 0 Å². The van der Waals surface area contributed by atoms with Crippen LogP contribution in [0.5, 0.6) is 0 Å². The minimum absolute atomic E-state index is 0.0724. The van der Waals surface area contributed by atoms with Crippen molar-refractivity contribution in [2.24, 2.45) is 0 Å². The first-order chi connectivity index (χ1) is 9.65. The Hall–Kier alpha value is -1.14. The maximum atomic E-state index is 11.6. The first-order valence-corrected chi connectivity index (χ1v) is 7.49. The van der Waals surface area contributed by atoms with Crippen molar-refractivity contribution in [3.8, 4) is 0 Å². The van der Waals surface area contributed by atoms with Crippen LogP contribution in [0, 0.1) is 0 Å². The second-order valence-electron chi connectivity index (χ2n) is 5.60. The third-order valence-electron chi connectivity index (χ3n) is 4.12. The van der Waals surface area contributed by atoms with Crippen LogP contribution >= 0.6 is 0 Å². The molecule has 0 saturated carbocycles. The fourth-order valence-corrected chi connectivity index (χ4v) is 2.99. The zero-order valence-corrected chi connectivity index (χ0v) is 11.8. The molecule has 0 radical (unpaired) electrons. The van der Waals surface area contributed by atoms with Gasteiger partial charge >= 0.3 is 5.97 Å². The highest BCUT2D eigenvalue weighted by molar-refractivity contribution is 5.76. The van der Waals surface area contributed by atoms with E-state index in [1.54, 1.807) is 0 Å². The van der Waals surface area contributed by atoms with E-state index in [4.69, 9.17) is 9.84 Å². The van der Waals surface area contributed by atoms with E-state index >= 15 is 0 Å². The molecule has 2 saturated heterocycles. The van der Waals surface area contributed by atoms with Crippen molar-refractivity contribution in [2.45, 2.75) is 50.7 Å². The number of hydrogen-bond acceptors (Lipinski definition) is 4. The number of piperidine rings is 1. The lowest BCUT2D eigenvalue weighted by molar-refractivity contribution is -0.138. The fourth-order valence-electron chi connectivity index (χ4n) is 2.99. The number of aliphatic carboxylic acids is 1. The molecular weight excluding hydrogens is 260 g/mol. The van der Waals surface area contributed by atoms with Crippen LogP contribution in [0.15, 0.2) is 0 Å². The van der Waals surface area contributed by atoms with Crippen molar-refractivity contribution in [1.82, 2.24) is 10.2 Å². The number of rotatable bonds is 5. The fraction of sp³-hybridized carbons (Fsp3) is 0.857. The van der Waals surface area contributed by atoms with Crippen LogP contribution in [0.3, 0.4) is 0 Å². The Labute approximate surface area is 119 Å². The van der Waals surface area contributed by atoms with Crippen molar-refractivity contribution in [1.29, 1.82) is 0 Å². The molecule has 6 heteroatoms. The summed E-state index contributed by atoms with van der Waals surface area (Å²) in [6.45, 7) is 2.97. The smallest absolute Gasteiger partial charge is 0.305 e. The van der Waals surface area contributed by atoms with Gasteiger partial charge in [0.25, 0.3) is 0 Å². The van der Waals surface area contributed by atoms with Gasteiger partial charge in [0.15, 0.2) is 0 Å². The summed E-state index contributed by atoms with van der Waals surface area (Å²) < 4.78 is 5.59. The van der Waals surface area contributed by atoms with E-state index in [0.717, 1.165) is 45.3 Å². The lowest BCUT2D eigenvalue weighted by atomic mass is 10.0. The average Bonchev–Trinajstić information content (AvgIpc) is 2.64. The largest absolute Gasteiger partial charge is 0.481 e. The van der Waals surface area contributed by atoms with Gasteiger partial charge in [-0.05, 0) is 25.7 Å². The Balaban J connectivity index is 1.70. The molecule has 0 spiro atoms. The van der Waals surface area contributed by atoms with E-state index in [2.05, 4.69) is 10.2 Å². The summed E-state index contributed by atoms with van der Waals surface area (Å²) in [4.78, 5) is 24.4. The molecule has 20 heavy (non-hydrogen) atoms. The third-order valence-corrected chi connectivity index (χ3v) is 4.12. The maximum absolute atomic E-state index is 11.6. The third kappa shape index (κ3) is 4.76. The summed E-state index contributed by atoms with van der Waals surface area (Å²) >= 11 is 0. The van der Waals surface area contributed by atoms with E-state index in [1.807, 2.05) is 0 Å². The van der Waals surface area contributed by atoms with E-state index < -0.39 is 5.97 Å². The van der Waals surface area contributed by atoms with Crippen LogP contribution in [0.25, 0.3) is 0 Å². The summed E-state index contributed by atoms with van der Waals surface area (Å²) in [6, 6.07) is 0.359. The zero-order valence-electron chi connectivity index (χ0n) is 11.8. The first kappa shape index (κ1) is 15.3. The Bertz CT molecular complexity index is 340. The average molecular weight is 284 g/mol. The van der Waals surface area contributed by atoms with E-state index in [0.29, 0.717) is 19.1 Å². The van der Waals surface area contributed by atoms with Gasteiger partial charge in [0.2, 0.25) is 5.91 Å². The lowest BCUT2D eigenvalue weighted by Gasteiger charge is -2.36. The SMILES string of the molecule is O=C(O)CCOC1CCN(C2CCCNC(=O)C2)CC1. The predicted molar refractivity (Wildman–Crippen MR) is 73.4 cm³/mol. The number of carboxylic acids is 1. The van der Waals surface area contributed by atoms with Crippen molar-refractivity contribution >= 4 is 11.9 Å². The number of carboxylic acid groups (broad SMARTS) is 1. The first-order valence-electron chi connectivity index (χ1n) is 7.49. The number of hydrogen-bond donors (Lipinski definition) is 2. The molecule has 1 unspecified atom stereocenters. The van der Waals surface area contributed by atoms with Gasteiger partial charge in [0.1, 0.15) is 0 Å². The molecule has 6 nitrogen and oxygen atoms in total. The quantitative estimate of drug-likeness (QED) is 0.773. The lowest BCUT2D eigenvalue weighted by Crippen LogP contribution is -2.44. The van der Waals surface area contributed by atoms with Crippen LogP contribution in [0.2, 0.25) is 0 Å². The molecule has 114 valence electrons. The molecule has 2 N–H and O–H groups in total. The van der Waals surface area contributed by atoms with Crippen LogP contribution in [0.4, 0.5) is 0 Å². The van der Waals surface area contributed by atoms with Crippen LogP contribution in [-0.2, 0) is 14.3 Å². The van der Waals surface area contributed by atoms with Gasteiger partial charge in [0, 0.05) is 32.1 Å². The minimum atomic E-state index is -0.813. The highest BCUT2D eigenvalue weighted by Gasteiger charge is 2.27. The van der Waals surface area contributed by atoms with Gasteiger partial charge in [-0.25, -0.2) is 0 Å². The number of nitrogens with one attached hydrogen (secondary N) is 1. The Morgan fingerprint density at radius 1 is 1.35 bits per heavy atom. The topological polar surface area (TPSA) is 78.9 Å². The highest BCUT2D eigenvalue weighted by Crippen LogP contribution is 2.21. The molecule has 0 aromatic rings. The van der Waals surface area contributed by atoms with Gasteiger partial charge in [-0.15, -0.1) is 0 Å². The highest BCUT2D eigenvalue weighted by atomic mass is 16.5. The molecular formula is C14H24N2O4. The zero-order chi connectivity index (χ0) is 14.4. The number of ether oxygens (including phenoxy) is 1.